The number of ether oxygens (including phenoxy) is 3. The number of aliphatic hydroxyl groups is 4. The minimum absolute atomic E-state index is 0.0952. The van der Waals surface area contributed by atoms with Crippen molar-refractivity contribution in [1.29, 1.82) is 0 Å². The molecule has 5 atom stereocenters. The fourth-order valence-corrected chi connectivity index (χ4v) is 4.74. The minimum atomic E-state index is -1.58. The SMILES string of the molecule is CCCCCCCCCCCCC/C=C/C(OC)C(COC(O/C=C\O)C(O)C(O)CO)NC(=O)CCCCCCC. The van der Waals surface area contributed by atoms with Gasteiger partial charge in [0.2, 0.25) is 12.2 Å². The number of methoxy groups -OCH3 is 1. The first-order valence-electron chi connectivity index (χ1n) is 16.5. The fraction of sp³-hybridized carbons (Fsp3) is 0.848. The maximum absolute atomic E-state index is 12.8. The molecule has 0 aliphatic carbocycles. The molecule has 0 fully saturated rings. The number of carbonyl (C=O) groups excluding carboxylic acids is 1. The summed E-state index contributed by atoms with van der Waals surface area (Å²) in [6.07, 6.45) is 21.2. The Balaban J connectivity index is 4.93. The summed E-state index contributed by atoms with van der Waals surface area (Å²) in [5, 5.41) is 41.3. The second-order valence-corrected chi connectivity index (χ2v) is 11.2. The van der Waals surface area contributed by atoms with Crippen molar-refractivity contribution in [2.24, 2.45) is 0 Å². The Morgan fingerprint density at radius 1 is 0.833 bits per heavy atom. The third kappa shape index (κ3) is 22.0. The zero-order valence-corrected chi connectivity index (χ0v) is 26.8. The number of rotatable bonds is 30. The van der Waals surface area contributed by atoms with Crippen LogP contribution in [0.1, 0.15) is 129 Å². The maximum atomic E-state index is 12.8. The molecule has 0 spiro atoms. The maximum Gasteiger partial charge on any atom is 0.228 e. The first-order chi connectivity index (χ1) is 20.4. The Morgan fingerprint density at radius 3 is 1.90 bits per heavy atom. The molecule has 248 valence electrons. The highest BCUT2D eigenvalue weighted by atomic mass is 16.7. The van der Waals surface area contributed by atoms with E-state index in [9.17, 15) is 20.1 Å². The second-order valence-electron chi connectivity index (χ2n) is 11.2. The summed E-state index contributed by atoms with van der Waals surface area (Å²) in [6, 6.07) is -0.589. The lowest BCUT2D eigenvalue weighted by Crippen LogP contribution is -2.49. The Hall–Kier alpha value is -1.65. The topological polar surface area (TPSA) is 138 Å². The van der Waals surface area contributed by atoms with Gasteiger partial charge in [0, 0.05) is 13.5 Å². The van der Waals surface area contributed by atoms with E-state index < -0.39 is 37.3 Å². The Kier molecular flexibility index (Phi) is 28.3. The molecule has 0 bridgehead atoms. The highest BCUT2D eigenvalue weighted by molar-refractivity contribution is 5.76. The first-order valence-corrected chi connectivity index (χ1v) is 16.5. The molecule has 1 amide bonds. The van der Waals surface area contributed by atoms with Crippen molar-refractivity contribution in [2.45, 2.75) is 160 Å². The van der Waals surface area contributed by atoms with Gasteiger partial charge in [-0.25, -0.2) is 0 Å². The number of hydrogen-bond acceptors (Lipinski definition) is 8. The van der Waals surface area contributed by atoms with Gasteiger partial charge in [-0.05, 0) is 19.3 Å². The zero-order chi connectivity index (χ0) is 31.3. The summed E-state index contributed by atoms with van der Waals surface area (Å²) in [4.78, 5) is 12.8. The van der Waals surface area contributed by atoms with Crippen LogP contribution in [0.4, 0.5) is 0 Å². The van der Waals surface area contributed by atoms with Gasteiger partial charge in [0.15, 0.2) is 0 Å². The van der Waals surface area contributed by atoms with Crippen LogP contribution in [0.2, 0.25) is 0 Å². The lowest BCUT2D eigenvalue weighted by Gasteiger charge is -2.29. The van der Waals surface area contributed by atoms with Crippen molar-refractivity contribution < 1.29 is 39.4 Å². The van der Waals surface area contributed by atoms with Gasteiger partial charge < -0.3 is 40.0 Å². The Bertz CT molecular complexity index is 660. The average molecular weight is 602 g/mol. The number of nitrogens with one attached hydrogen (secondary N) is 1. The molecular formula is C33H63NO8. The normalized spacial score (nSPS) is 15.6. The molecule has 9 heteroatoms. The molecule has 0 heterocycles. The quantitative estimate of drug-likeness (QED) is 0.0284. The lowest BCUT2D eigenvalue weighted by molar-refractivity contribution is -0.201. The van der Waals surface area contributed by atoms with E-state index in [0.717, 1.165) is 51.2 Å². The predicted octanol–water partition coefficient (Wildman–Crippen LogP) is 6.21. The van der Waals surface area contributed by atoms with E-state index in [1.165, 1.54) is 64.2 Å². The van der Waals surface area contributed by atoms with Gasteiger partial charge in [0.05, 0.1) is 25.4 Å². The number of aliphatic hydroxyl groups excluding tert-OH is 4. The Labute approximate surface area is 255 Å². The van der Waals surface area contributed by atoms with E-state index in [1.54, 1.807) is 7.11 Å². The summed E-state index contributed by atoms with van der Waals surface area (Å²) in [5.41, 5.74) is 0. The van der Waals surface area contributed by atoms with Crippen LogP contribution in [-0.4, -0.2) is 77.3 Å². The number of unbranched alkanes of at least 4 members (excludes halogenated alkanes) is 15. The standard InChI is InChI=1S/C33H63NO8/c1-4-6-8-10-11-12-13-14-15-16-17-19-20-22-30(40-3)28(34-31(38)23-21-18-9-7-5-2)27-42-33(41-25-24-35)32(39)29(37)26-36/h20,22,24-25,28-30,32-33,35-37,39H,4-19,21,23,26-27H2,1-3H3,(H,34,38)/b22-20+,25-24-. The smallest absolute Gasteiger partial charge is 0.228 e. The molecule has 0 aromatic heterocycles. The van der Waals surface area contributed by atoms with Crippen LogP contribution in [0.15, 0.2) is 24.7 Å². The molecule has 0 aromatic rings. The molecule has 5 unspecified atom stereocenters. The zero-order valence-electron chi connectivity index (χ0n) is 26.8. The van der Waals surface area contributed by atoms with Crippen molar-refractivity contribution in [1.82, 2.24) is 5.32 Å². The summed E-state index contributed by atoms with van der Waals surface area (Å²) >= 11 is 0. The molecule has 5 N–H and O–H groups in total. The number of hydrogen-bond donors (Lipinski definition) is 5. The monoisotopic (exact) mass is 601 g/mol. The fourth-order valence-electron chi connectivity index (χ4n) is 4.74. The van der Waals surface area contributed by atoms with Crippen LogP contribution in [0, 0.1) is 0 Å². The van der Waals surface area contributed by atoms with Crippen molar-refractivity contribution in [2.75, 3.05) is 20.3 Å². The van der Waals surface area contributed by atoms with Crippen LogP contribution in [0.5, 0.6) is 0 Å². The molecule has 0 aliphatic rings. The van der Waals surface area contributed by atoms with Gasteiger partial charge in [-0.3, -0.25) is 4.79 Å². The van der Waals surface area contributed by atoms with E-state index in [-0.39, 0.29) is 12.5 Å². The van der Waals surface area contributed by atoms with Crippen molar-refractivity contribution in [3.8, 4) is 0 Å². The molecule has 0 saturated carbocycles. The molecule has 0 aromatic carbocycles. The van der Waals surface area contributed by atoms with Crippen LogP contribution in [0.25, 0.3) is 0 Å². The predicted molar refractivity (Wildman–Crippen MR) is 168 cm³/mol. The van der Waals surface area contributed by atoms with Crippen molar-refractivity contribution in [3.63, 3.8) is 0 Å². The summed E-state index contributed by atoms with van der Waals surface area (Å²) < 4.78 is 16.6. The molecule has 0 rings (SSSR count). The van der Waals surface area contributed by atoms with Gasteiger partial charge >= 0.3 is 0 Å². The largest absolute Gasteiger partial charge is 0.512 e. The molecule has 0 saturated heterocycles. The molecule has 42 heavy (non-hydrogen) atoms. The van der Waals surface area contributed by atoms with E-state index in [2.05, 4.69) is 25.2 Å². The van der Waals surface area contributed by atoms with Crippen LogP contribution in [-0.2, 0) is 19.0 Å². The van der Waals surface area contributed by atoms with Crippen LogP contribution >= 0.6 is 0 Å². The minimum Gasteiger partial charge on any atom is -0.512 e. The van der Waals surface area contributed by atoms with Crippen LogP contribution < -0.4 is 5.32 Å². The van der Waals surface area contributed by atoms with Gasteiger partial charge in [0.25, 0.3) is 0 Å². The van der Waals surface area contributed by atoms with Crippen molar-refractivity contribution in [3.05, 3.63) is 24.7 Å². The van der Waals surface area contributed by atoms with Gasteiger partial charge in [-0.1, -0.05) is 116 Å². The van der Waals surface area contributed by atoms with Crippen LogP contribution in [0.3, 0.4) is 0 Å². The van der Waals surface area contributed by atoms with Gasteiger partial charge in [0.1, 0.15) is 24.7 Å². The molecular weight excluding hydrogens is 538 g/mol. The van der Waals surface area contributed by atoms with E-state index in [0.29, 0.717) is 12.7 Å². The number of allylic oxidation sites excluding steroid dienone is 1. The van der Waals surface area contributed by atoms with E-state index in [4.69, 9.17) is 19.3 Å². The van der Waals surface area contributed by atoms with E-state index >= 15 is 0 Å². The summed E-state index contributed by atoms with van der Waals surface area (Å²) in [5.74, 6) is -0.121. The first kappa shape index (κ1) is 40.4. The Morgan fingerprint density at radius 2 is 1.38 bits per heavy atom. The number of carbonyl (C=O) groups is 1. The summed E-state index contributed by atoms with van der Waals surface area (Å²) in [6.45, 7) is 3.60. The molecule has 9 nitrogen and oxygen atoms in total. The highest BCUT2D eigenvalue weighted by Gasteiger charge is 2.30. The average Bonchev–Trinajstić information content (AvgIpc) is 3.00. The third-order valence-electron chi connectivity index (χ3n) is 7.40. The highest BCUT2D eigenvalue weighted by Crippen LogP contribution is 2.14. The molecule has 0 aliphatic heterocycles. The van der Waals surface area contributed by atoms with Gasteiger partial charge in [-0.15, -0.1) is 0 Å². The lowest BCUT2D eigenvalue weighted by atomic mass is 10.0. The van der Waals surface area contributed by atoms with Gasteiger partial charge in [-0.2, -0.15) is 0 Å². The number of amides is 1. The summed E-state index contributed by atoms with van der Waals surface area (Å²) in [7, 11) is 1.56. The second kappa shape index (κ2) is 29.4. The molecule has 0 radical (unpaired) electrons. The third-order valence-corrected chi connectivity index (χ3v) is 7.40. The van der Waals surface area contributed by atoms with E-state index in [1.807, 2.05) is 6.08 Å². The van der Waals surface area contributed by atoms with Crippen molar-refractivity contribution >= 4 is 5.91 Å².